The van der Waals surface area contributed by atoms with E-state index in [4.69, 9.17) is 0 Å². The molecule has 0 spiro atoms. The maximum atomic E-state index is 11.9. The van der Waals surface area contributed by atoms with Gasteiger partial charge in [0, 0.05) is 25.3 Å². The van der Waals surface area contributed by atoms with Gasteiger partial charge in [-0.05, 0) is 23.1 Å². The summed E-state index contributed by atoms with van der Waals surface area (Å²) < 4.78 is 0. The third kappa shape index (κ3) is 4.24. The predicted octanol–water partition coefficient (Wildman–Crippen LogP) is 2.67. The number of anilines is 1. The van der Waals surface area contributed by atoms with Crippen LogP contribution in [0.25, 0.3) is 6.08 Å². The number of nitrogens with zero attached hydrogens (tertiary/aromatic N) is 1. The summed E-state index contributed by atoms with van der Waals surface area (Å²) in [6.45, 7) is 0. The summed E-state index contributed by atoms with van der Waals surface area (Å²) in [5.74, 6) is -0.715. The molecule has 118 valence electrons. The number of rotatable bonds is 5. The second kappa shape index (κ2) is 7.32. The minimum atomic E-state index is -0.501. The molecule has 0 aliphatic rings. The van der Waals surface area contributed by atoms with Gasteiger partial charge in [-0.2, -0.15) is 0 Å². The van der Waals surface area contributed by atoms with Crippen LogP contribution in [0, 0.1) is 10.1 Å². The maximum Gasteiger partial charge on any atom is 0.270 e. The molecule has 8 heteroatoms. The fourth-order valence-electron chi connectivity index (χ4n) is 1.79. The number of nitrogens with one attached hydrogen (secondary N) is 2. The first kappa shape index (κ1) is 16.4. The zero-order valence-electron chi connectivity index (χ0n) is 12.1. The summed E-state index contributed by atoms with van der Waals surface area (Å²) in [7, 11) is 1.51. The molecule has 7 nitrogen and oxygen atoms in total. The predicted molar refractivity (Wildman–Crippen MR) is 88.5 cm³/mol. The van der Waals surface area contributed by atoms with E-state index in [0.29, 0.717) is 16.1 Å². The number of hydrogen-bond donors (Lipinski definition) is 2. The molecule has 0 saturated heterocycles. The Morgan fingerprint density at radius 1 is 1.30 bits per heavy atom. The van der Waals surface area contributed by atoms with Crippen molar-refractivity contribution in [3.05, 3.63) is 63.0 Å². The lowest BCUT2D eigenvalue weighted by Crippen LogP contribution is -2.19. The van der Waals surface area contributed by atoms with Crippen molar-refractivity contribution in [2.75, 3.05) is 12.4 Å². The maximum absolute atomic E-state index is 11.9. The van der Waals surface area contributed by atoms with Gasteiger partial charge in [0.15, 0.2) is 0 Å². The Bertz CT molecular complexity index is 783. The van der Waals surface area contributed by atoms with Gasteiger partial charge in [0.2, 0.25) is 5.91 Å². The smallest absolute Gasteiger partial charge is 0.270 e. The van der Waals surface area contributed by atoms with Gasteiger partial charge in [-0.3, -0.25) is 19.7 Å². The molecule has 0 atom stereocenters. The van der Waals surface area contributed by atoms with E-state index in [2.05, 4.69) is 10.6 Å². The van der Waals surface area contributed by atoms with Crippen LogP contribution in [0.2, 0.25) is 0 Å². The van der Waals surface area contributed by atoms with E-state index in [9.17, 15) is 19.7 Å². The lowest BCUT2D eigenvalue weighted by molar-refractivity contribution is -0.384. The first-order valence-electron chi connectivity index (χ1n) is 6.54. The van der Waals surface area contributed by atoms with Gasteiger partial charge < -0.3 is 10.6 Å². The Hall–Kier alpha value is -3.00. The first-order valence-corrected chi connectivity index (χ1v) is 7.42. The van der Waals surface area contributed by atoms with Crippen molar-refractivity contribution in [3.63, 3.8) is 0 Å². The van der Waals surface area contributed by atoms with Crippen molar-refractivity contribution in [1.29, 1.82) is 0 Å². The molecule has 2 aromatic rings. The molecule has 2 N–H and O–H groups in total. The van der Waals surface area contributed by atoms with E-state index in [1.54, 1.807) is 23.6 Å². The number of nitro benzene ring substituents is 1. The molecule has 0 bridgehead atoms. The Morgan fingerprint density at radius 3 is 2.78 bits per heavy atom. The molecule has 1 aromatic heterocycles. The van der Waals surface area contributed by atoms with Gasteiger partial charge in [0.05, 0.1) is 10.5 Å². The van der Waals surface area contributed by atoms with Gasteiger partial charge in [0.1, 0.15) is 5.00 Å². The summed E-state index contributed by atoms with van der Waals surface area (Å²) in [6.07, 6.45) is 2.72. The number of amides is 2. The summed E-state index contributed by atoms with van der Waals surface area (Å²) >= 11 is 1.23. The van der Waals surface area contributed by atoms with Gasteiger partial charge in [0.25, 0.3) is 11.6 Å². The molecule has 0 radical (unpaired) electrons. The summed E-state index contributed by atoms with van der Waals surface area (Å²) in [5.41, 5.74) is 0.870. The fourth-order valence-corrected chi connectivity index (χ4v) is 2.57. The normalized spacial score (nSPS) is 10.5. The molecule has 2 amide bonds. The second-order valence-corrected chi connectivity index (χ2v) is 5.33. The summed E-state index contributed by atoms with van der Waals surface area (Å²) in [5, 5.41) is 17.9. The van der Waals surface area contributed by atoms with E-state index >= 15 is 0 Å². The number of non-ortho nitro benzene ring substituents is 1. The third-order valence-electron chi connectivity index (χ3n) is 2.88. The van der Waals surface area contributed by atoms with E-state index in [-0.39, 0.29) is 11.6 Å². The Kier molecular flexibility index (Phi) is 5.21. The van der Waals surface area contributed by atoms with E-state index in [1.807, 2.05) is 0 Å². The van der Waals surface area contributed by atoms with Crippen LogP contribution in [0.1, 0.15) is 15.9 Å². The van der Waals surface area contributed by atoms with Crippen molar-refractivity contribution in [2.45, 2.75) is 0 Å². The highest BCUT2D eigenvalue weighted by atomic mass is 32.1. The Morgan fingerprint density at radius 2 is 2.09 bits per heavy atom. The standard InChI is InChI=1S/C15H13N3O4S/c1-16-14(20)12-7-8-23-15(12)17-13(19)6-5-10-3-2-4-11(9-10)18(21)22/h2-9H,1H3,(H,16,20)(H,17,19)/b6-5+. The summed E-state index contributed by atoms with van der Waals surface area (Å²) in [6, 6.07) is 7.55. The van der Waals surface area contributed by atoms with Gasteiger partial charge in [-0.15, -0.1) is 11.3 Å². The molecule has 0 aliphatic heterocycles. The number of carbonyl (C=O) groups is 2. The zero-order valence-corrected chi connectivity index (χ0v) is 12.9. The molecule has 0 unspecified atom stereocenters. The van der Waals surface area contributed by atoms with Crippen LogP contribution in [0.5, 0.6) is 0 Å². The van der Waals surface area contributed by atoms with Gasteiger partial charge >= 0.3 is 0 Å². The average molecular weight is 331 g/mol. The Labute approximate surface area is 135 Å². The molecule has 1 aromatic carbocycles. The van der Waals surface area contributed by atoms with E-state index in [1.165, 1.54) is 42.7 Å². The van der Waals surface area contributed by atoms with Crippen molar-refractivity contribution in [3.8, 4) is 0 Å². The van der Waals surface area contributed by atoms with Crippen molar-refractivity contribution in [1.82, 2.24) is 5.32 Å². The minimum absolute atomic E-state index is 0.0484. The fraction of sp³-hybridized carbons (Fsp3) is 0.0667. The number of thiophene rings is 1. The zero-order chi connectivity index (χ0) is 16.8. The van der Waals surface area contributed by atoms with Crippen LogP contribution in [0.15, 0.2) is 41.8 Å². The van der Waals surface area contributed by atoms with Gasteiger partial charge in [-0.25, -0.2) is 0 Å². The molecular weight excluding hydrogens is 318 g/mol. The molecule has 0 saturated carbocycles. The van der Waals surface area contributed by atoms with Crippen LogP contribution in [0.4, 0.5) is 10.7 Å². The van der Waals surface area contributed by atoms with Crippen molar-refractivity contribution >= 4 is 39.9 Å². The van der Waals surface area contributed by atoms with Crippen molar-refractivity contribution in [2.24, 2.45) is 0 Å². The van der Waals surface area contributed by atoms with Crippen LogP contribution in [-0.4, -0.2) is 23.8 Å². The molecular formula is C15H13N3O4S. The molecule has 1 heterocycles. The molecule has 0 fully saturated rings. The van der Waals surface area contributed by atoms with Crippen LogP contribution >= 0.6 is 11.3 Å². The number of nitro groups is 1. The Balaban J connectivity index is 2.08. The highest BCUT2D eigenvalue weighted by Crippen LogP contribution is 2.23. The second-order valence-electron chi connectivity index (χ2n) is 4.42. The third-order valence-corrected chi connectivity index (χ3v) is 3.71. The number of benzene rings is 1. The van der Waals surface area contributed by atoms with Gasteiger partial charge in [-0.1, -0.05) is 12.1 Å². The van der Waals surface area contributed by atoms with E-state index < -0.39 is 10.8 Å². The number of hydrogen-bond acceptors (Lipinski definition) is 5. The molecule has 2 rings (SSSR count). The summed E-state index contributed by atoms with van der Waals surface area (Å²) in [4.78, 5) is 33.7. The first-order chi connectivity index (χ1) is 11.0. The van der Waals surface area contributed by atoms with E-state index in [0.717, 1.165) is 0 Å². The number of carbonyl (C=O) groups excluding carboxylic acids is 2. The lowest BCUT2D eigenvalue weighted by Gasteiger charge is -2.02. The lowest BCUT2D eigenvalue weighted by atomic mass is 10.2. The molecule has 23 heavy (non-hydrogen) atoms. The SMILES string of the molecule is CNC(=O)c1ccsc1NC(=O)/C=C/c1cccc([N+](=O)[O-])c1. The topological polar surface area (TPSA) is 101 Å². The highest BCUT2D eigenvalue weighted by molar-refractivity contribution is 7.14. The average Bonchev–Trinajstić information content (AvgIpc) is 3.00. The van der Waals surface area contributed by atoms with Crippen LogP contribution in [0.3, 0.4) is 0 Å². The monoisotopic (exact) mass is 331 g/mol. The van der Waals surface area contributed by atoms with Crippen LogP contribution < -0.4 is 10.6 Å². The quantitative estimate of drug-likeness (QED) is 0.499. The highest BCUT2D eigenvalue weighted by Gasteiger charge is 2.12. The van der Waals surface area contributed by atoms with Crippen molar-refractivity contribution < 1.29 is 14.5 Å². The van der Waals surface area contributed by atoms with Crippen LogP contribution in [-0.2, 0) is 4.79 Å². The molecule has 0 aliphatic carbocycles. The largest absolute Gasteiger partial charge is 0.355 e. The minimum Gasteiger partial charge on any atom is -0.355 e.